The van der Waals surface area contributed by atoms with Crippen LogP contribution in [0.5, 0.6) is 5.75 Å². The molecular weight excluding hydrogens is 418 g/mol. The second kappa shape index (κ2) is 7.37. The molecule has 0 radical (unpaired) electrons. The molecule has 0 spiro atoms. The third kappa shape index (κ3) is 2.94. The number of amides is 1. The first-order chi connectivity index (χ1) is 16.1. The van der Waals surface area contributed by atoms with E-state index in [1.165, 1.54) is 16.0 Å². The Hall–Kier alpha value is -3.80. The molecule has 2 heterocycles. The SMILES string of the molecule is O=C(OCC1c2ccccc2-c2ccccc21)N1C[C@H]2c3ccccc3OC[C@@]2(C(=O)O)C1. The zero-order valence-corrected chi connectivity index (χ0v) is 17.9. The maximum atomic E-state index is 13.1. The summed E-state index contributed by atoms with van der Waals surface area (Å²) in [7, 11) is 0. The fraction of sp³-hybridized carbons (Fsp3) is 0.259. The average molecular weight is 441 g/mol. The van der Waals surface area contributed by atoms with Crippen molar-refractivity contribution in [2.75, 3.05) is 26.3 Å². The topological polar surface area (TPSA) is 76.1 Å². The second-order valence-corrected chi connectivity index (χ2v) is 9.02. The average Bonchev–Trinajstić information content (AvgIpc) is 3.40. The third-order valence-corrected chi connectivity index (χ3v) is 7.34. The zero-order chi connectivity index (χ0) is 22.6. The summed E-state index contributed by atoms with van der Waals surface area (Å²) in [6, 6.07) is 23.8. The molecular formula is C27H23NO5. The number of hydrogen-bond donors (Lipinski definition) is 1. The Morgan fingerprint density at radius 3 is 2.21 bits per heavy atom. The highest BCUT2D eigenvalue weighted by Gasteiger charge is 2.58. The summed E-state index contributed by atoms with van der Waals surface area (Å²) in [5, 5.41) is 10.1. The molecule has 33 heavy (non-hydrogen) atoms. The van der Waals surface area contributed by atoms with E-state index in [1.807, 2.05) is 48.5 Å². The van der Waals surface area contributed by atoms with E-state index in [4.69, 9.17) is 9.47 Å². The zero-order valence-electron chi connectivity index (χ0n) is 17.9. The van der Waals surface area contributed by atoms with E-state index in [0.29, 0.717) is 12.3 Å². The Morgan fingerprint density at radius 2 is 1.55 bits per heavy atom. The van der Waals surface area contributed by atoms with Gasteiger partial charge >= 0.3 is 12.1 Å². The number of para-hydroxylation sites is 1. The summed E-state index contributed by atoms with van der Waals surface area (Å²) in [5.41, 5.74) is 4.29. The predicted octanol–water partition coefficient (Wildman–Crippen LogP) is 4.50. The maximum absolute atomic E-state index is 13.1. The van der Waals surface area contributed by atoms with Crippen molar-refractivity contribution in [2.24, 2.45) is 5.41 Å². The molecule has 6 nitrogen and oxygen atoms in total. The number of carbonyl (C=O) groups excluding carboxylic acids is 1. The summed E-state index contributed by atoms with van der Waals surface area (Å²) in [6.07, 6.45) is -0.482. The number of nitrogens with zero attached hydrogens (tertiary/aromatic N) is 1. The van der Waals surface area contributed by atoms with Crippen LogP contribution in [0.3, 0.4) is 0 Å². The standard InChI is InChI=1S/C27H23NO5/c29-25(30)27-15-28(13-23(27)21-11-5-6-12-24(21)33-16-27)26(31)32-14-22-19-9-3-1-7-17(19)18-8-2-4-10-20(18)22/h1-12,22-23H,13-16H2,(H,29,30)/t23-,27-/m0/s1. The van der Waals surface area contributed by atoms with Crippen molar-refractivity contribution >= 4 is 12.1 Å². The van der Waals surface area contributed by atoms with Crippen LogP contribution in [0.4, 0.5) is 4.79 Å². The van der Waals surface area contributed by atoms with Crippen molar-refractivity contribution < 1.29 is 24.2 Å². The van der Waals surface area contributed by atoms with Gasteiger partial charge in [-0.25, -0.2) is 4.79 Å². The van der Waals surface area contributed by atoms with Crippen LogP contribution < -0.4 is 4.74 Å². The van der Waals surface area contributed by atoms with Gasteiger partial charge in [-0.3, -0.25) is 4.79 Å². The molecule has 1 fully saturated rings. The largest absolute Gasteiger partial charge is 0.492 e. The Labute approximate surface area is 191 Å². The number of carboxylic acid groups (broad SMARTS) is 1. The van der Waals surface area contributed by atoms with Gasteiger partial charge < -0.3 is 19.5 Å². The number of likely N-dealkylation sites (tertiary alicyclic amines) is 1. The van der Waals surface area contributed by atoms with Crippen molar-refractivity contribution in [1.29, 1.82) is 0 Å². The molecule has 1 saturated heterocycles. The quantitative estimate of drug-likeness (QED) is 0.648. The van der Waals surface area contributed by atoms with Crippen molar-refractivity contribution in [3.05, 3.63) is 89.5 Å². The molecule has 2 aliphatic heterocycles. The lowest BCUT2D eigenvalue weighted by atomic mass is 9.73. The van der Waals surface area contributed by atoms with E-state index in [1.54, 1.807) is 0 Å². The summed E-state index contributed by atoms with van der Waals surface area (Å²) >= 11 is 0. The number of fused-ring (bicyclic) bond motifs is 6. The fourth-order valence-electron chi connectivity index (χ4n) is 5.66. The van der Waals surface area contributed by atoms with Crippen LogP contribution in [0.25, 0.3) is 11.1 Å². The number of carbonyl (C=O) groups is 2. The van der Waals surface area contributed by atoms with Crippen LogP contribution >= 0.6 is 0 Å². The fourth-order valence-corrected chi connectivity index (χ4v) is 5.66. The van der Waals surface area contributed by atoms with Crippen LogP contribution in [0, 0.1) is 5.41 Å². The molecule has 166 valence electrons. The van der Waals surface area contributed by atoms with Crippen molar-refractivity contribution in [1.82, 2.24) is 4.90 Å². The minimum absolute atomic E-state index is 0.0382. The Balaban J connectivity index is 1.23. The lowest BCUT2D eigenvalue weighted by Gasteiger charge is -2.35. The first kappa shape index (κ1) is 19.9. The predicted molar refractivity (Wildman–Crippen MR) is 121 cm³/mol. The van der Waals surface area contributed by atoms with Gasteiger partial charge in [-0.05, 0) is 28.3 Å². The van der Waals surface area contributed by atoms with Gasteiger partial charge in [-0.15, -0.1) is 0 Å². The molecule has 3 aromatic carbocycles. The van der Waals surface area contributed by atoms with E-state index in [-0.39, 0.29) is 31.6 Å². The van der Waals surface area contributed by atoms with Crippen molar-refractivity contribution in [3.63, 3.8) is 0 Å². The highest BCUT2D eigenvalue weighted by atomic mass is 16.6. The van der Waals surface area contributed by atoms with Gasteiger partial charge in [0.05, 0.1) is 0 Å². The van der Waals surface area contributed by atoms with Crippen LogP contribution in [-0.2, 0) is 9.53 Å². The smallest absolute Gasteiger partial charge is 0.409 e. The summed E-state index contributed by atoms with van der Waals surface area (Å²) < 4.78 is 11.6. The van der Waals surface area contributed by atoms with Crippen LogP contribution in [-0.4, -0.2) is 48.4 Å². The monoisotopic (exact) mass is 441 g/mol. The second-order valence-electron chi connectivity index (χ2n) is 9.02. The molecule has 0 bridgehead atoms. The first-order valence-corrected chi connectivity index (χ1v) is 11.1. The van der Waals surface area contributed by atoms with E-state index in [0.717, 1.165) is 16.7 Å². The van der Waals surface area contributed by atoms with E-state index >= 15 is 0 Å². The summed E-state index contributed by atoms with van der Waals surface area (Å²) in [4.78, 5) is 27.0. The number of aliphatic carboxylic acids is 1. The normalized spacial score (nSPS) is 22.5. The van der Waals surface area contributed by atoms with Gasteiger partial charge in [-0.2, -0.15) is 0 Å². The molecule has 0 aromatic heterocycles. The van der Waals surface area contributed by atoms with Gasteiger partial charge in [0.25, 0.3) is 0 Å². The molecule has 2 atom stereocenters. The molecule has 6 rings (SSSR count). The third-order valence-electron chi connectivity index (χ3n) is 7.34. The van der Waals surface area contributed by atoms with Crippen molar-refractivity contribution in [3.8, 4) is 16.9 Å². The lowest BCUT2D eigenvalue weighted by molar-refractivity contribution is -0.151. The van der Waals surface area contributed by atoms with Crippen LogP contribution in [0.1, 0.15) is 28.5 Å². The number of benzene rings is 3. The van der Waals surface area contributed by atoms with Crippen LogP contribution in [0.2, 0.25) is 0 Å². The molecule has 1 N–H and O–H groups in total. The number of hydrogen-bond acceptors (Lipinski definition) is 4. The maximum Gasteiger partial charge on any atom is 0.409 e. The van der Waals surface area contributed by atoms with E-state index in [2.05, 4.69) is 24.3 Å². The Morgan fingerprint density at radius 1 is 0.939 bits per heavy atom. The van der Waals surface area contributed by atoms with E-state index in [9.17, 15) is 14.7 Å². The molecule has 1 amide bonds. The van der Waals surface area contributed by atoms with Gasteiger partial charge in [0.2, 0.25) is 0 Å². The van der Waals surface area contributed by atoms with Crippen LogP contribution in [0.15, 0.2) is 72.8 Å². The van der Waals surface area contributed by atoms with Gasteiger partial charge in [0, 0.05) is 30.5 Å². The summed E-state index contributed by atoms with van der Waals surface area (Å²) in [6.45, 7) is 0.611. The number of rotatable bonds is 3. The van der Waals surface area contributed by atoms with Gasteiger partial charge in [0.15, 0.2) is 0 Å². The molecule has 3 aliphatic rings. The van der Waals surface area contributed by atoms with Gasteiger partial charge in [0.1, 0.15) is 24.4 Å². The number of carboxylic acids is 1. The minimum Gasteiger partial charge on any atom is -0.492 e. The summed E-state index contributed by atoms with van der Waals surface area (Å²) in [5.74, 6) is -0.631. The molecule has 0 saturated carbocycles. The molecule has 6 heteroatoms. The van der Waals surface area contributed by atoms with E-state index < -0.39 is 17.5 Å². The minimum atomic E-state index is -1.17. The molecule has 3 aromatic rings. The first-order valence-electron chi connectivity index (χ1n) is 11.1. The van der Waals surface area contributed by atoms with Crippen molar-refractivity contribution in [2.45, 2.75) is 11.8 Å². The lowest BCUT2D eigenvalue weighted by Crippen LogP contribution is -2.46. The molecule has 1 aliphatic carbocycles. The highest BCUT2D eigenvalue weighted by Crippen LogP contribution is 2.50. The number of ether oxygens (including phenoxy) is 2. The Bertz CT molecular complexity index is 1230. The highest BCUT2D eigenvalue weighted by molar-refractivity contribution is 5.81. The Kier molecular flexibility index (Phi) is 4.43. The van der Waals surface area contributed by atoms with Gasteiger partial charge in [-0.1, -0.05) is 66.7 Å². The molecule has 0 unspecified atom stereocenters.